The van der Waals surface area contributed by atoms with Gasteiger partial charge in [-0.05, 0) is 41.2 Å². The molecule has 0 radical (unpaired) electrons. The zero-order valence-electron chi connectivity index (χ0n) is 13.3. The van der Waals surface area contributed by atoms with Gasteiger partial charge in [0.2, 0.25) is 0 Å². The maximum Gasteiger partial charge on any atom is 0.0647 e. The first-order valence-corrected chi connectivity index (χ1v) is 8.32. The lowest BCUT2D eigenvalue weighted by Gasteiger charge is -2.24. The molecule has 0 bridgehead atoms. The van der Waals surface area contributed by atoms with Gasteiger partial charge in [0, 0.05) is 23.0 Å². The van der Waals surface area contributed by atoms with Crippen LogP contribution in [-0.4, -0.2) is 16.2 Å². The number of aliphatic hydroxyl groups excluding tert-OH is 1. The molecule has 0 amide bonds. The summed E-state index contributed by atoms with van der Waals surface area (Å²) in [5.41, 5.74) is 6.23. The quantitative estimate of drug-likeness (QED) is 0.722. The normalized spacial score (nSPS) is 16.2. The van der Waals surface area contributed by atoms with E-state index in [1.807, 2.05) is 13.0 Å². The van der Waals surface area contributed by atoms with Crippen LogP contribution in [0.5, 0.6) is 0 Å². The van der Waals surface area contributed by atoms with Crippen molar-refractivity contribution in [2.45, 2.75) is 31.8 Å². The summed E-state index contributed by atoms with van der Waals surface area (Å²) in [4.78, 5) is 3.36. The van der Waals surface area contributed by atoms with Gasteiger partial charge in [-0.25, -0.2) is 0 Å². The van der Waals surface area contributed by atoms with Gasteiger partial charge in [-0.15, -0.1) is 0 Å². The number of allylic oxidation sites excluding steroid dienone is 1. The molecular formula is C21H21NO. The van der Waals surface area contributed by atoms with Crippen LogP contribution >= 0.6 is 0 Å². The Labute approximate surface area is 136 Å². The smallest absolute Gasteiger partial charge is 0.0647 e. The van der Waals surface area contributed by atoms with Gasteiger partial charge in [-0.1, -0.05) is 55.5 Å². The number of aliphatic hydroxyl groups is 1. The summed E-state index contributed by atoms with van der Waals surface area (Å²) in [7, 11) is 0. The fraction of sp³-hybridized carbons (Fsp3) is 0.238. The number of aromatic amines is 1. The van der Waals surface area contributed by atoms with Crippen LogP contribution in [0.15, 0.2) is 60.8 Å². The van der Waals surface area contributed by atoms with Crippen LogP contribution in [0.2, 0.25) is 0 Å². The molecular weight excluding hydrogens is 282 g/mol. The second-order valence-electron chi connectivity index (χ2n) is 6.26. The largest absolute Gasteiger partial charge is 0.392 e. The standard InChI is InChI=1S/C21H21NO/c1-2-20(23)21(17-12-11-14-7-3-4-8-15(14)17)18-13-22-19-10-6-5-9-16(18)19/h3-10,12-13,20-23H,2,11H2,1H3. The number of nitrogens with one attached hydrogen (secondary N) is 1. The number of hydrogen-bond donors (Lipinski definition) is 2. The number of para-hydroxylation sites is 1. The summed E-state index contributed by atoms with van der Waals surface area (Å²) < 4.78 is 0. The van der Waals surface area contributed by atoms with E-state index in [0.29, 0.717) is 0 Å². The molecule has 2 N–H and O–H groups in total. The minimum Gasteiger partial charge on any atom is -0.392 e. The fourth-order valence-corrected chi connectivity index (χ4v) is 3.77. The molecule has 2 atom stereocenters. The van der Waals surface area contributed by atoms with Crippen molar-refractivity contribution in [2.75, 3.05) is 0 Å². The van der Waals surface area contributed by atoms with Crippen molar-refractivity contribution in [3.63, 3.8) is 0 Å². The zero-order chi connectivity index (χ0) is 15.8. The first kappa shape index (κ1) is 14.3. The first-order valence-electron chi connectivity index (χ1n) is 8.32. The number of fused-ring (bicyclic) bond motifs is 2. The zero-order valence-corrected chi connectivity index (χ0v) is 13.3. The van der Waals surface area contributed by atoms with Crippen LogP contribution in [0.25, 0.3) is 16.5 Å². The average Bonchev–Trinajstić information content (AvgIpc) is 3.20. The predicted molar refractivity (Wildman–Crippen MR) is 95.5 cm³/mol. The van der Waals surface area contributed by atoms with Gasteiger partial charge in [-0.3, -0.25) is 0 Å². The van der Waals surface area contributed by atoms with E-state index in [0.717, 1.165) is 18.4 Å². The molecule has 2 heteroatoms. The molecule has 0 saturated heterocycles. The molecule has 2 nitrogen and oxygen atoms in total. The molecule has 0 fully saturated rings. The minimum atomic E-state index is -0.383. The van der Waals surface area contributed by atoms with Gasteiger partial charge in [0.05, 0.1) is 6.10 Å². The highest BCUT2D eigenvalue weighted by Crippen LogP contribution is 2.43. The highest BCUT2D eigenvalue weighted by molar-refractivity contribution is 5.88. The summed E-state index contributed by atoms with van der Waals surface area (Å²) >= 11 is 0. The van der Waals surface area contributed by atoms with Gasteiger partial charge < -0.3 is 10.1 Å². The summed E-state index contributed by atoms with van der Waals surface area (Å²) in [6, 6.07) is 16.9. The third-order valence-electron chi connectivity index (χ3n) is 4.96. The molecule has 116 valence electrons. The Balaban J connectivity index is 1.87. The second-order valence-corrected chi connectivity index (χ2v) is 6.26. The Kier molecular flexibility index (Phi) is 3.55. The third-order valence-corrected chi connectivity index (χ3v) is 4.96. The third kappa shape index (κ3) is 2.30. The SMILES string of the molecule is CCC(O)C(C1=CCc2ccccc21)c1c[nH]c2ccccc12. The maximum absolute atomic E-state index is 10.8. The van der Waals surface area contributed by atoms with Crippen molar-refractivity contribution in [3.8, 4) is 0 Å². The van der Waals surface area contributed by atoms with E-state index in [1.54, 1.807) is 0 Å². The highest BCUT2D eigenvalue weighted by atomic mass is 16.3. The first-order chi connectivity index (χ1) is 11.3. The highest BCUT2D eigenvalue weighted by Gasteiger charge is 2.30. The summed E-state index contributed by atoms with van der Waals surface area (Å²) in [6.45, 7) is 2.05. The Morgan fingerprint density at radius 1 is 1.09 bits per heavy atom. The average molecular weight is 303 g/mol. The van der Waals surface area contributed by atoms with Crippen molar-refractivity contribution in [2.24, 2.45) is 0 Å². The van der Waals surface area contributed by atoms with Crippen molar-refractivity contribution >= 4 is 16.5 Å². The summed E-state index contributed by atoms with van der Waals surface area (Å²) in [5, 5.41) is 12.0. The molecule has 2 aromatic carbocycles. The molecule has 1 heterocycles. The molecule has 2 unspecified atom stereocenters. The molecule has 1 aliphatic carbocycles. The lowest BCUT2D eigenvalue weighted by Crippen LogP contribution is -2.18. The van der Waals surface area contributed by atoms with Gasteiger partial charge >= 0.3 is 0 Å². The van der Waals surface area contributed by atoms with E-state index in [9.17, 15) is 5.11 Å². The van der Waals surface area contributed by atoms with Crippen molar-refractivity contribution in [1.82, 2.24) is 4.98 Å². The Hall–Kier alpha value is -2.32. The van der Waals surface area contributed by atoms with Crippen LogP contribution < -0.4 is 0 Å². The Morgan fingerprint density at radius 2 is 1.87 bits per heavy atom. The summed E-state index contributed by atoms with van der Waals surface area (Å²) in [6.07, 6.45) is 5.67. The second kappa shape index (κ2) is 5.71. The van der Waals surface area contributed by atoms with E-state index < -0.39 is 0 Å². The van der Waals surface area contributed by atoms with Gasteiger partial charge in [0.1, 0.15) is 0 Å². The minimum absolute atomic E-state index is 0.0137. The van der Waals surface area contributed by atoms with E-state index >= 15 is 0 Å². The van der Waals surface area contributed by atoms with Crippen molar-refractivity contribution in [1.29, 1.82) is 0 Å². The summed E-state index contributed by atoms with van der Waals surface area (Å²) in [5.74, 6) is 0.0137. The molecule has 0 spiro atoms. The van der Waals surface area contributed by atoms with E-state index in [1.165, 1.54) is 27.6 Å². The number of hydrogen-bond acceptors (Lipinski definition) is 1. The van der Waals surface area contributed by atoms with Crippen LogP contribution in [0, 0.1) is 0 Å². The fourth-order valence-electron chi connectivity index (χ4n) is 3.77. The maximum atomic E-state index is 10.8. The van der Waals surface area contributed by atoms with Crippen LogP contribution in [0.1, 0.15) is 36.0 Å². The Morgan fingerprint density at radius 3 is 2.74 bits per heavy atom. The van der Waals surface area contributed by atoms with E-state index in [-0.39, 0.29) is 12.0 Å². The van der Waals surface area contributed by atoms with Crippen molar-refractivity contribution in [3.05, 3.63) is 77.5 Å². The molecule has 23 heavy (non-hydrogen) atoms. The monoisotopic (exact) mass is 303 g/mol. The number of H-pyrrole nitrogens is 1. The van der Waals surface area contributed by atoms with Crippen LogP contribution in [0.4, 0.5) is 0 Å². The molecule has 1 aliphatic rings. The van der Waals surface area contributed by atoms with Gasteiger partial charge in [0.25, 0.3) is 0 Å². The number of rotatable bonds is 4. The predicted octanol–water partition coefficient (Wildman–Crippen LogP) is 4.66. The van der Waals surface area contributed by atoms with Crippen molar-refractivity contribution < 1.29 is 5.11 Å². The lowest BCUT2D eigenvalue weighted by molar-refractivity contribution is 0.158. The molecule has 3 aromatic rings. The van der Waals surface area contributed by atoms with Crippen LogP contribution in [-0.2, 0) is 6.42 Å². The molecule has 0 aliphatic heterocycles. The Bertz CT molecular complexity index is 874. The van der Waals surface area contributed by atoms with E-state index in [4.69, 9.17) is 0 Å². The van der Waals surface area contributed by atoms with Crippen LogP contribution in [0.3, 0.4) is 0 Å². The lowest BCUT2D eigenvalue weighted by atomic mass is 9.82. The van der Waals surface area contributed by atoms with Gasteiger partial charge in [-0.2, -0.15) is 0 Å². The molecule has 1 aromatic heterocycles. The number of benzene rings is 2. The van der Waals surface area contributed by atoms with Gasteiger partial charge in [0.15, 0.2) is 0 Å². The number of aromatic nitrogens is 1. The molecule has 4 rings (SSSR count). The van der Waals surface area contributed by atoms with E-state index in [2.05, 4.69) is 59.7 Å². The topological polar surface area (TPSA) is 36.0 Å². The molecule has 0 saturated carbocycles.